The van der Waals surface area contributed by atoms with Crippen molar-refractivity contribution < 1.29 is 4.79 Å². The Labute approximate surface area is 204 Å². The molecule has 2 aromatic carbocycles. The minimum Gasteiger partial charge on any atom is -0.351 e. The molecule has 0 saturated carbocycles. The number of carbonyl (C=O) groups is 1. The third-order valence-electron chi connectivity index (χ3n) is 5.75. The van der Waals surface area contributed by atoms with Crippen LogP contribution in [0.4, 0.5) is 11.5 Å². The monoisotopic (exact) mass is 479 g/mol. The molecule has 0 saturated heterocycles. The third kappa shape index (κ3) is 4.02. The predicted molar refractivity (Wildman–Crippen MR) is 140 cm³/mol. The number of H-pyrrole nitrogens is 2. The Hall–Kier alpha value is -4.50. The van der Waals surface area contributed by atoms with E-state index in [4.69, 9.17) is 9.97 Å². The average molecular weight is 480 g/mol. The van der Waals surface area contributed by atoms with E-state index >= 15 is 0 Å². The molecule has 8 nitrogen and oxygen atoms in total. The normalized spacial score (nSPS) is 11.2. The molecular weight excluding hydrogens is 458 g/mol. The molecule has 0 aliphatic heterocycles. The number of nitrogens with zero attached hydrogens (tertiary/aromatic N) is 3. The second-order valence-corrected chi connectivity index (χ2v) is 8.98. The summed E-state index contributed by atoms with van der Waals surface area (Å²) >= 11 is 1.60. The quantitative estimate of drug-likeness (QED) is 0.244. The van der Waals surface area contributed by atoms with Crippen molar-refractivity contribution in [2.24, 2.45) is 0 Å². The van der Waals surface area contributed by atoms with Crippen LogP contribution in [0.15, 0.2) is 72.4 Å². The number of carbonyl (C=O) groups excluding carboxylic acids is 1. The van der Waals surface area contributed by atoms with Gasteiger partial charge in [-0.2, -0.15) is 5.10 Å². The van der Waals surface area contributed by atoms with Crippen molar-refractivity contribution in [2.45, 2.75) is 6.92 Å². The van der Waals surface area contributed by atoms with E-state index in [0.717, 1.165) is 49.3 Å². The molecule has 0 unspecified atom stereocenters. The van der Waals surface area contributed by atoms with Gasteiger partial charge in [0, 0.05) is 40.5 Å². The predicted octanol–water partition coefficient (Wildman–Crippen LogP) is 5.72. The van der Waals surface area contributed by atoms with Crippen molar-refractivity contribution in [2.75, 3.05) is 11.9 Å². The summed E-state index contributed by atoms with van der Waals surface area (Å²) in [5, 5.41) is 16.1. The molecule has 6 aromatic rings. The van der Waals surface area contributed by atoms with Crippen LogP contribution in [0.25, 0.3) is 43.6 Å². The highest BCUT2D eigenvalue weighted by atomic mass is 32.1. The van der Waals surface area contributed by atoms with E-state index in [1.165, 1.54) is 0 Å². The van der Waals surface area contributed by atoms with Crippen LogP contribution in [0.1, 0.15) is 17.4 Å². The first-order valence-electron chi connectivity index (χ1n) is 11.2. The highest BCUT2D eigenvalue weighted by Crippen LogP contribution is 2.32. The van der Waals surface area contributed by atoms with Crippen molar-refractivity contribution in [3.8, 4) is 22.5 Å². The summed E-state index contributed by atoms with van der Waals surface area (Å²) < 4.78 is 0.993. The van der Waals surface area contributed by atoms with E-state index in [0.29, 0.717) is 18.1 Å². The highest BCUT2D eigenvalue weighted by molar-refractivity contribution is 7.17. The Morgan fingerprint density at radius 1 is 1.00 bits per heavy atom. The number of anilines is 2. The number of benzene rings is 2. The minimum absolute atomic E-state index is 0.119. The van der Waals surface area contributed by atoms with Crippen LogP contribution >= 0.6 is 11.3 Å². The zero-order chi connectivity index (χ0) is 23.8. The molecular formula is C26H21N7OS. The van der Waals surface area contributed by atoms with Gasteiger partial charge in [-0.25, -0.2) is 9.97 Å². The summed E-state index contributed by atoms with van der Waals surface area (Å²) in [6.45, 7) is 2.48. The second-order valence-electron chi connectivity index (χ2n) is 8.06. The van der Waals surface area contributed by atoms with Gasteiger partial charge in [0.15, 0.2) is 11.6 Å². The van der Waals surface area contributed by atoms with Crippen LogP contribution in [0.3, 0.4) is 0 Å². The van der Waals surface area contributed by atoms with Crippen LogP contribution in [0, 0.1) is 0 Å². The largest absolute Gasteiger partial charge is 0.351 e. The van der Waals surface area contributed by atoms with Crippen LogP contribution in [-0.2, 0) is 0 Å². The smallest absolute Gasteiger partial charge is 0.267 e. The summed E-state index contributed by atoms with van der Waals surface area (Å²) in [6.07, 6.45) is 3.67. The molecule has 0 radical (unpaired) electrons. The van der Waals surface area contributed by atoms with E-state index in [1.807, 2.05) is 73.1 Å². The van der Waals surface area contributed by atoms with Crippen LogP contribution < -0.4 is 10.6 Å². The lowest BCUT2D eigenvalue weighted by Gasteiger charge is -2.10. The van der Waals surface area contributed by atoms with Gasteiger partial charge in [0.25, 0.3) is 5.91 Å². The molecule has 4 heterocycles. The number of thiophene rings is 1. The Balaban J connectivity index is 1.35. The molecule has 0 aliphatic rings. The van der Waals surface area contributed by atoms with Crippen molar-refractivity contribution >= 4 is 49.9 Å². The van der Waals surface area contributed by atoms with Crippen LogP contribution in [0.5, 0.6) is 0 Å². The number of hydrogen-bond acceptors (Lipinski definition) is 6. The van der Waals surface area contributed by atoms with Gasteiger partial charge in [-0.05, 0) is 48.2 Å². The number of rotatable bonds is 6. The summed E-state index contributed by atoms with van der Waals surface area (Å²) in [7, 11) is 0. The van der Waals surface area contributed by atoms with Crippen molar-refractivity contribution in [3.05, 3.63) is 78.1 Å². The molecule has 4 N–H and O–H groups in total. The topological polar surface area (TPSA) is 111 Å². The average Bonchev–Trinajstić information content (AvgIpc) is 3.65. The maximum atomic E-state index is 12.2. The summed E-state index contributed by atoms with van der Waals surface area (Å²) in [5.41, 5.74) is 6.21. The number of aromatic nitrogens is 5. The van der Waals surface area contributed by atoms with Gasteiger partial charge in [0.2, 0.25) is 0 Å². The zero-order valence-corrected chi connectivity index (χ0v) is 19.6. The summed E-state index contributed by atoms with van der Waals surface area (Å²) in [5.74, 6) is 1.25. The standard InChI is InChI=1S/C26H21N7OS/c1-2-27-26(34)22-11-16-3-4-17(12-21(16)31-22)24-32-20-9-10-35-23(20)25(33-24)30-19-7-5-15(6-8-19)18-13-28-29-14-18/h3-14,31H,2H2,1H3,(H,27,34)(H,28,29)(H,30,32,33). The Morgan fingerprint density at radius 2 is 1.86 bits per heavy atom. The molecule has 35 heavy (non-hydrogen) atoms. The molecule has 0 bridgehead atoms. The maximum absolute atomic E-state index is 12.2. The van der Waals surface area contributed by atoms with Gasteiger partial charge >= 0.3 is 0 Å². The summed E-state index contributed by atoms with van der Waals surface area (Å²) in [4.78, 5) is 25.1. The molecule has 1 amide bonds. The third-order valence-corrected chi connectivity index (χ3v) is 6.66. The van der Waals surface area contributed by atoms with Gasteiger partial charge in [-0.1, -0.05) is 24.3 Å². The number of aromatic amines is 2. The molecule has 6 rings (SSSR count). The molecule has 0 spiro atoms. The number of fused-ring (bicyclic) bond motifs is 2. The number of hydrogen-bond donors (Lipinski definition) is 4. The van der Waals surface area contributed by atoms with E-state index in [-0.39, 0.29) is 5.91 Å². The lowest BCUT2D eigenvalue weighted by Crippen LogP contribution is -2.22. The molecule has 0 aliphatic carbocycles. The van der Waals surface area contributed by atoms with Gasteiger partial charge in [-0.15, -0.1) is 11.3 Å². The van der Waals surface area contributed by atoms with E-state index in [2.05, 4.69) is 25.8 Å². The van der Waals surface area contributed by atoms with Crippen LogP contribution in [-0.4, -0.2) is 37.6 Å². The maximum Gasteiger partial charge on any atom is 0.267 e. The first-order chi connectivity index (χ1) is 17.2. The SMILES string of the molecule is CCNC(=O)c1cc2ccc(-c3nc(Nc4ccc(-c5cn[nH]c5)cc4)c4sccc4n3)cc2[nH]1. The van der Waals surface area contributed by atoms with Crippen molar-refractivity contribution in [1.82, 2.24) is 30.5 Å². The highest BCUT2D eigenvalue weighted by Gasteiger charge is 2.14. The zero-order valence-electron chi connectivity index (χ0n) is 18.8. The minimum atomic E-state index is -0.119. The van der Waals surface area contributed by atoms with Gasteiger partial charge in [0.1, 0.15) is 5.69 Å². The Morgan fingerprint density at radius 3 is 2.66 bits per heavy atom. The Kier molecular flexibility index (Phi) is 5.23. The fourth-order valence-electron chi connectivity index (χ4n) is 4.01. The molecule has 9 heteroatoms. The first-order valence-corrected chi connectivity index (χ1v) is 12.1. The fraction of sp³-hybridized carbons (Fsp3) is 0.0769. The number of amides is 1. The number of nitrogens with one attached hydrogen (secondary N) is 4. The van der Waals surface area contributed by atoms with E-state index < -0.39 is 0 Å². The van der Waals surface area contributed by atoms with Gasteiger partial charge < -0.3 is 15.6 Å². The molecule has 0 atom stereocenters. The summed E-state index contributed by atoms with van der Waals surface area (Å²) in [6, 6.07) is 17.9. The van der Waals surface area contributed by atoms with Crippen LogP contribution in [0.2, 0.25) is 0 Å². The van der Waals surface area contributed by atoms with Gasteiger partial charge in [0.05, 0.1) is 16.4 Å². The van der Waals surface area contributed by atoms with Crippen molar-refractivity contribution in [3.63, 3.8) is 0 Å². The lowest BCUT2D eigenvalue weighted by molar-refractivity contribution is 0.0951. The van der Waals surface area contributed by atoms with E-state index in [1.54, 1.807) is 17.5 Å². The lowest BCUT2D eigenvalue weighted by atomic mass is 10.1. The van der Waals surface area contributed by atoms with Crippen molar-refractivity contribution in [1.29, 1.82) is 0 Å². The second kappa shape index (κ2) is 8.69. The van der Waals surface area contributed by atoms with Gasteiger partial charge in [-0.3, -0.25) is 9.89 Å². The molecule has 0 fully saturated rings. The first kappa shape index (κ1) is 21.1. The Bertz CT molecular complexity index is 1650. The fourth-order valence-corrected chi connectivity index (χ4v) is 4.79. The molecule has 172 valence electrons. The van der Waals surface area contributed by atoms with E-state index in [9.17, 15) is 4.79 Å². The molecule has 4 aromatic heterocycles.